The Morgan fingerprint density at radius 1 is 1.18 bits per heavy atom. The summed E-state index contributed by atoms with van der Waals surface area (Å²) in [5.41, 5.74) is 0. The maximum absolute atomic E-state index is 4.85. The zero-order chi connectivity index (χ0) is 8.95. The van der Waals surface area contributed by atoms with Gasteiger partial charge in [-0.25, -0.2) is 0 Å². The van der Waals surface area contributed by atoms with Gasteiger partial charge < -0.3 is 9.47 Å². The van der Waals surface area contributed by atoms with Crippen LogP contribution in [0.25, 0.3) is 0 Å². The number of rotatable bonds is 5. The van der Waals surface area contributed by atoms with E-state index >= 15 is 0 Å². The summed E-state index contributed by atoms with van der Waals surface area (Å²) in [5, 5.41) is 0. The van der Waals surface area contributed by atoms with E-state index in [9.17, 15) is 0 Å². The number of methoxy groups -OCH3 is 2. The lowest BCUT2D eigenvalue weighted by molar-refractivity contribution is 0.200. The first-order chi connectivity index (χ1) is 5.33. The number of ether oxygens (including phenoxy) is 2. The maximum atomic E-state index is 4.85. The number of hydrogen-bond donors (Lipinski definition) is 0. The van der Waals surface area contributed by atoms with Crippen molar-refractivity contribution in [1.29, 1.82) is 0 Å². The normalized spacial score (nSPS) is 9.82. The Labute approximate surface area is 72.4 Å². The standard InChI is InChI=1S/C5H13OP.C3H8O/c1-6-4-3-5-7-2;1-3-4-2/h7H,3-5H2,1-2H3;3H2,1-2H3. The van der Waals surface area contributed by atoms with Gasteiger partial charge in [-0.3, -0.25) is 0 Å². The van der Waals surface area contributed by atoms with E-state index in [1.807, 2.05) is 6.92 Å². The van der Waals surface area contributed by atoms with E-state index in [2.05, 4.69) is 11.4 Å². The molecular formula is C8H21O2P. The van der Waals surface area contributed by atoms with Gasteiger partial charge in [0.2, 0.25) is 0 Å². The third kappa shape index (κ3) is 25.2. The summed E-state index contributed by atoms with van der Waals surface area (Å²) in [4.78, 5) is 0. The molecule has 0 spiro atoms. The van der Waals surface area contributed by atoms with Gasteiger partial charge in [0.05, 0.1) is 0 Å². The molecule has 11 heavy (non-hydrogen) atoms. The second-order valence-corrected chi connectivity index (χ2v) is 3.23. The van der Waals surface area contributed by atoms with Crippen molar-refractivity contribution >= 4 is 8.58 Å². The van der Waals surface area contributed by atoms with E-state index in [0.717, 1.165) is 21.8 Å². The predicted molar refractivity (Wildman–Crippen MR) is 53.1 cm³/mol. The zero-order valence-corrected chi connectivity index (χ0v) is 9.14. The Morgan fingerprint density at radius 2 is 1.73 bits per heavy atom. The molecule has 0 N–H and O–H groups in total. The molecule has 1 atom stereocenters. The molecule has 0 aromatic carbocycles. The molecule has 0 bridgehead atoms. The molecule has 70 valence electrons. The van der Waals surface area contributed by atoms with Gasteiger partial charge >= 0.3 is 0 Å². The molecule has 0 aliphatic rings. The smallest absolute Gasteiger partial charge is 0.0465 e. The first-order valence-electron chi connectivity index (χ1n) is 3.95. The predicted octanol–water partition coefficient (Wildman–Crippen LogP) is 1.98. The maximum Gasteiger partial charge on any atom is 0.0465 e. The van der Waals surface area contributed by atoms with Crippen molar-refractivity contribution in [2.24, 2.45) is 0 Å². The lowest BCUT2D eigenvalue weighted by Gasteiger charge is -1.93. The summed E-state index contributed by atoms with van der Waals surface area (Å²) >= 11 is 0. The van der Waals surface area contributed by atoms with Gasteiger partial charge in [-0.15, -0.1) is 8.58 Å². The van der Waals surface area contributed by atoms with E-state index in [1.54, 1.807) is 14.2 Å². The van der Waals surface area contributed by atoms with Crippen LogP contribution in [0, 0.1) is 0 Å². The largest absolute Gasteiger partial charge is 0.385 e. The topological polar surface area (TPSA) is 18.5 Å². The lowest BCUT2D eigenvalue weighted by Crippen LogP contribution is -1.87. The minimum atomic E-state index is 0.819. The first-order valence-corrected chi connectivity index (χ1v) is 5.66. The van der Waals surface area contributed by atoms with Crippen molar-refractivity contribution in [1.82, 2.24) is 0 Å². The summed E-state index contributed by atoms with van der Waals surface area (Å²) in [6.07, 6.45) is 2.55. The molecule has 0 heterocycles. The summed E-state index contributed by atoms with van der Waals surface area (Å²) in [7, 11) is 4.52. The van der Waals surface area contributed by atoms with Crippen molar-refractivity contribution in [3.8, 4) is 0 Å². The molecule has 1 unspecified atom stereocenters. The highest BCUT2D eigenvalue weighted by molar-refractivity contribution is 7.36. The van der Waals surface area contributed by atoms with E-state index in [-0.39, 0.29) is 0 Å². The van der Waals surface area contributed by atoms with Crippen LogP contribution in [0.2, 0.25) is 0 Å². The van der Waals surface area contributed by atoms with Crippen LogP contribution >= 0.6 is 8.58 Å². The van der Waals surface area contributed by atoms with Crippen molar-refractivity contribution in [3.05, 3.63) is 0 Å². The zero-order valence-electron chi connectivity index (χ0n) is 8.14. The van der Waals surface area contributed by atoms with Crippen LogP contribution in [0.1, 0.15) is 13.3 Å². The van der Waals surface area contributed by atoms with Crippen LogP contribution in [-0.2, 0) is 9.47 Å². The molecule has 0 fully saturated rings. The van der Waals surface area contributed by atoms with Gasteiger partial charge in [0, 0.05) is 27.4 Å². The SMILES string of the molecule is CCOC.COCCCPC. The van der Waals surface area contributed by atoms with Crippen molar-refractivity contribution in [2.45, 2.75) is 13.3 Å². The highest BCUT2D eigenvalue weighted by Gasteiger charge is 1.79. The Balaban J connectivity index is 0. The van der Waals surface area contributed by atoms with E-state index in [1.165, 1.54) is 12.6 Å². The Bertz CT molecular complexity index is 45.4. The van der Waals surface area contributed by atoms with Gasteiger partial charge in [-0.05, 0) is 26.2 Å². The molecule has 3 heteroatoms. The minimum absolute atomic E-state index is 0.819. The molecular weight excluding hydrogens is 159 g/mol. The monoisotopic (exact) mass is 180 g/mol. The molecule has 2 nitrogen and oxygen atoms in total. The quantitative estimate of drug-likeness (QED) is 0.476. The molecule has 0 rings (SSSR count). The van der Waals surface area contributed by atoms with Crippen LogP contribution < -0.4 is 0 Å². The fourth-order valence-corrected chi connectivity index (χ4v) is 0.891. The van der Waals surface area contributed by atoms with Crippen LogP contribution in [0.3, 0.4) is 0 Å². The van der Waals surface area contributed by atoms with Gasteiger partial charge in [-0.2, -0.15) is 0 Å². The molecule has 0 saturated heterocycles. The Morgan fingerprint density at radius 3 is 2.00 bits per heavy atom. The van der Waals surface area contributed by atoms with Crippen molar-refractivity contribution in [3.63, 3.8) is 0 Å². The lowest BCUT2D eigenvalue weighted by atomic mass is 10.5. The Kier molecular flexibility index (Phi) is 21.2. The van der Waals surface area contributed by atoms with Gasteiger partial charge in [0.15, 0.2) is 0 Å². The van der Waals surface area contributed by atoms with E-state index < -0.39 is 0 Å². The highest BCUT2D eigenvalue weighted by Crippen LogP contribution is 2.02. The summed E-state index contributed by atoms with van der Waals surface area (Å²) in [5.74, 6) is 0. The van der Waals surface area contributed by atoms with Crippen LogP contribution in [0.4, 0.5) is 0 Å². The first kappa shape index (κ1) is 13.9. The summed E-state index contributed by atoms with van der Waals surface area (Å²) < 4.78 is 9.39. The fourth-order valence-electron chi connectivity index (χ4n) is 0.393. The third-order valence-electron chi connectivity index (χ3n) is 1.06. The molecule has 0 aliphatic carbocycles. The Hall–Kier alpha value is 0.350. The minimum Gasteiger partial charge on any atom is -0.385 e. The van der Waals surface area contributed by atoms with Gasteiger partial charge in [0.1, 0.15) is 0 Å². The summed E-state index contributed by atoms with van der Waals surface area (Å²) in [6, 6.07) is 0. The van der Waals surface area contributed by atoms with Crippen molar-refractivity contribution in [2.75, 3.05) is 40.3 Å². The average molecular weight is 180 g/mol. The van der Waals surface area contributed by atoms with E-state index in [4.69, 9.17) is 4.74 Å². The highest BCUT2D eigenvalue weighted by atomic mass is 31.1. The van der Waals surface area contributed by atoms with Crippen molar-refractivity contribution < 1.29 is 9.47 Å². The molecule has 0 aliphatic heterocycles. The fraction of sp³-hybridized carbons (Fsp3) is 1.00. The summed E-state index contributed by atoms with van der Waals surface area (Å²) in [6.45, 7) is 5.93. The molecule has 0 aromatic heterocycles. The second-order valence-electron chi connectivity index (χ2n) is 2.03. The molecule has 0 amide bonds. The third-order valence-corrected chi connectivity index (χ3v) is 1.92. The second kappa shape index (κ2) is 16.7. The van der Waals surface area contributed by atoms with Crippen LogP contribution in [-0.4, -0.2) is 40.3 Å². The average Bonchev–Trinajstić information content (AvgIpc) is 2.06. The van der Waals surface area contributed by atoms with E-state index in [0.29, 0.717) is 0 Å². The van der Waals surface area contributed by atoms with Crippen LogP contribution in [0.15, 0.2) is 0 Å². The van der Waals surface area contributed by atoms with Gasteiger partial charge in [-0.1, -0.05) is 0 Å². The van der Waals surface area contributed by atoms with Crippen LogP contribution in [0.5, 0.6) is 0 Å². The molecule has 0 saturated carbocycles. The van der Waals surface area contributed by atoms with Gasteiger partial charge in [0.25, 0.3) is 0 Å². The number of hydrogen-bond acceptors (Lipinski definition) is 2. The molecule has 0 radical (unpaired) electrons. The molecule has 0 aromatic rings.